The van der Waals surface area contributed by atoms with Crippen LogP contribution in [0.2, 0.25) is 0 Å². The molecule has 19 heavy (non-hydrogen) atoms. The molecule has 0 aliphatic carbocycles. The van der Waals surface area contributed by atoms with Crippen LogP contribution in [0.15, 0.2) is 39.0 Å². The molecule has 1 aliphatic heterocycles. The second-order valence-electron chi connectivity index (χ2n) is 3.94. The van der Waals surface area contributed by atoms with Crippen molar-refractivity contribution < 1.29 is 19.7 Å². The molecule has 2 rings (SSSR count). The number of hydrogen-bond acceptors (Lipinski definition) is 6. The molecular weight excluding hydrogens is 284 g/mol. The van der Waals surface area contributed by atoms with Crippen LogP contribution < -0.4 is 0 Å². The molecule has 4 nitrogen and oxygen atoms in total. The quantitative estimate of drug-likeness (QED) is 0.809. The zero-order valence-corrected chi connectivity index (χ0v) is 12.0. The molecule has 0 bridgehead atoms. The summed E-state index contributed by atoms with van der Waals surface area (Å²) in [4.78, 5) is 13.5. The summed E-state index contributed by atoms with van der Waals surface area (Å²) >= 11 is 2.51. The summed E-state index contributed by atoms with van der Waals surface area (Å²) in [6.07, 6.45) is -1.21. The maximum atomic E-state index is 11.7. The first kappa shape index (κ1) is 14.5. The van der Waals surface area contributed by atoms with Crippen LogP contribution in [0.3, 0.4) is 0 Å². The molecule has 1 unspecified atom stereocenters. The van der Waals surface area contributed by atoms with Crippen molar-refractivity contribution >= 4 is 29.5 Å². The summed E-state index contributed by atoms with van der Waals surface area (Å²) in [5, 5.41) is 18.5. The number of esters is 1. The van der Waals surface area contributed by atoms with Gasteiger partial charge in [-0.1, -0.05) is 29.5 Å². The predicted octanol–water partition coefficient (Wildman–Crippen LogP) is 1.90. The van der Waals surface area contributed by atoms with Gasteiger partial charge in [-0.25, -0.2) is 4.79 Å². The van der Waals surface area contributed by atoms with Gasteiger partial charge in [0.25, 0.3) is 0 Å². The Hall–Kier alpha value is -0.950. The Kier molecular flexibility index (Phi) is 4.93. The van der Waals surface area contributed by atoms with Crippen LogP contribution in [0, 0.1) is 6.92 Å². The van der Waals surface area contributed by atoms with Crippen molar-refractivity contribution in [3.8, 4) is 0 Å². The minimum absolute atomic E-state index is 0.0163. The molecule has 6 heteroatoms. The molecule has 0 spiro atoms. The smallest absolute Gasteiger partial charge is 0.348 e. The number of aliphatic hydroxyl groups excluding tert-OH is 2. The van der Waals surface area contributed by atoms with E-state index in [0.29, 0.717) is 15.6 Å². The van der Waals surface area contributed by atoms with Crippen molar-refractivity contribution in [2.75, 3.05) is 12.4 Å². The zero-order chi connectivity index (χ0) is 13.8. The normalized spacial score (nSPS) is 18.9. The van der Waals surface area contributed by atoms with Crippen molar-refractivity contribution in [1.29, 1.82) is 0 Å². The number of aliphatic hydroxyl groups is 2. The predicted molar refractivity (Wildman–Crippen MR) is 75.7 cm³/mol. The number of ether oxygens (including phenoxy) is 1. The summed E-state index contributed by atoms with van der Waals surface area (Å²) in [5.41, 5.74) is 1.14. The molecule has 0 amide bonds. The van der Waals surface area contributed by atoms with E-state index >= 15 is 0 Å². The van der Waals surface area contributed by atoms with Gasteiger partial charge in [0, 0.05) is 10.6 Å². The van der Waals surface area contributed by atoms with Crippen molar-refractivity contribution in [3.63, 3.8) is 0 Å². The van der Waals surface area contributed by atoms with Crippen LogP contribution in [0.1, 0.15) is 5.56 Å². The minimum Gasteiger partial charge on any atom is -0.427 e. The van der Waals surface area contributed by atoms with E-state index in [4.69, 9.17) is 9.84 Å². The Labute approximate surface area is 119 Å². The van der Waals surface area contributed by atoms with Crippen LogP contribution in [-0.2, 0) is 9.53 Å². The summed E-state index contributed by atoms with van der Waals surface area (Å²) in [7, 11) is 0. The van der Waals surface area contributed by atoms with Crippen LogP contribution in [-0.4, -0.2) is 34.8 Å². The molecule has 1 aromatic carbocycles. The maximum Gasteiger partial charge on any atom is 0.348 e. The lowest BCUT2D eigenvalue weighted by molar-refractivity contribution is -0.150. The fourth-order valence-electron chi connectivity index (χ4n) is 1.53. The minimum atomic E-state index is -1.21. The zero-order valence-electron chi connectivity index (χ0n) is 10.3. The SMILES string of the molecule is Cc1ccc(SC2=C(SCCO)C(O)OC2=O)cc1. The first-order valence-electron chi connectivity index (χ1n) is 5.73. The molecule has 1 aliphatic rings. The van der Waals surface area contributed by atoms with Crippen molar-refractivity contribution in [1.82, 2.24) is 0 Å². The van der Waals surface area contributed by atoms with Crippen molar-refractivity contribution in [2.45, 2.75) is 18.1 Å². The van der Waals surface area contributed by atoms with E-state index in [2.05, 4.69) is 0 Å². The van der Waals surface area contributed by atoms with Gasteiger partial charge in [0.05, 0.1) is 11.5 Å². The summed E-state index contributed by atoms with van der Waals surface area (Å²) in [6, 6.07) is 7.75. The van der Waals surface area contributed by atoms with Gasteiger partial charge in [0.2, 0.25) is 6.29 Å². The molecule has 1 heterocycles. The second-order valence-corrected chi connectivity index (χ2v) is 6.16. The Morgan fingerprint density at radius 3 is 2.63 bits per heavy atom. The summed E-state index contributed by atoms with van der Waals surface area (Å²) < 4.78 is 4.80. The molecule has 0 fully saturated rings. The average molecular weight is 298 g/mol. The molecule has 0 saturated carbocycles. The van der Waals surface area contributed by atoms with Crippen molar-refractivity contribution in [2.24, 2.45) is 0 Å². The summed E-state index contributed by atoms with van der Waals surface area (Å²) in [6.45, 7) is 1.97. The number of carbonyl (C=O) groups excluding carboxylic acids is 1. The van der Waals surface area contributed by atoms with Crippen LogP contribution >= 0.6 is 23.5 Å². The molecular formula is C13H14O4S2. The molecule has 1 aromatic rings. The van der Waals surface area contributed by atoms with E-state index < -0.39 is 12.3 Å². The molecule has 0 aromatic heterocycles. The second kappa shape index (κ2) is 6.47. The van der Waals surface area contributed by atoms with E-state index in [0.717, 1.165) is 10.5 Å². The van der Waals surface area contributed by atoms with Gasteiger partial charge in [0.1, 0.15) is 4.91 Å². The number of aryl methyl sites for hydroxylation is 1. The largest absolute Gasteiger partial charge is 0.427 e. The highest BCUT2D eigenvalue weighted by molar-refractivity contribution is 8.07. The van der Waals surface area contributed by atoms with Gasteiger partial charge in [-0.3, -0.25) is 0 Å². The van der Waals surface area contributed by atoms with Crippen LogP contribution in [0.4, 0.5) is 0 Å². The third-order valence-corrected chi connectivity index (χ3v) is 4.77. The Morgan fingerprint density at radius 1 is 1.32 bits per heavy atom. The summed E-state index contributed by atoms with van der Waals surface area (Å²) in [5.74, 6) is -0.0976. The first-order valence-corrected chi connectivity index (χ1v) is 7.53. The number of rotatable bonds is 5. The van der Waals surface area contributed by atoms with Gasteiger partial charge >= 0.3 is 5.97 Å². The highest BCUT2D eigenvalue weighted by Gasteiger charge is 2.33. The number of cyclic esters (lactones) is 1. The van der Waals surface area contributed by atoms with Gasteiger partial charge in [-0.15, -0.1) is 11.8 Å². The van der Waals surface area contributed by atoms with E-state index in [1.165, 1.54) is 23.5 Å². The fourth-order valence-corrected chi connectivity index (χ4v) is 3.39. The Bertz CT molecular complexity index is 496. The molecule has 1 atom stereocenters. The van der Waals surface area contributed by atoms with E-state index in [-0.39, 0.29) is 6.61 Å². The molecule has 0 radical (unpaired) electrons. The Morgan fingerprint density at radius 2 is 2.00 bits per heavy atom. The maximum absolute atomic E-state index is 11.7. The third kappa shape index (κ3) is 3.54. The fraction of sp³-hybridized carbons (Fsp3) is 0.308. The highest BCUT2D eigenvalue weighted by Crippen LogP contribution is 2.40. The number of benzene rings is 1. The topological polar surface area (TPSA) is 66.8 Å². The highest BCUT2D eigenvalue weighted by atomic mass is 32.2. The monoisotopic (exact) mass is 298 g/mol. The number of hydrogen-bond donors (Lipinski definition) is 2. The lowest BCUT2D eigenvalue weighted by Crippen LogP contribution is -2.08. The van der Waals surface area contributed by atoms with Gasteiger partial charge in [-0.2, -0.15) is 0 Å². The van der Waals surface area contributed by atoms with Crippen LogP contribution in [0.25, 0.3) is 0 Å². The van der Waals surface area contributed by atoms with Crippen molar-refractivity contribution in [3.05, 3.63) is 39.6 Å². The van der Waals surface area contributed by atoms with Gasteiger partial charge < -0.3 is 14.9 Å². The van der Waals surface area contributed by atoms with Gasteiger partial charge in [-0.05, 0) is 19.1 Å². The third-order valence-electron chi connectivity index (χ3n) is 2.44. The Balaban J connectivity index is 2.20. The lowest BCUT2D eigenvalue weighted by Gasteiger charge is -2.06. The molecule has 102 valence electrons. The van der Waals surface area contributed by atoms with E-state index in [1.54, 1.807) is 0 Å². The standard InChI is InChI=1S/C13H14O4S2/c1-8-2-4-9(5-3-8)19-11-10(18-7-6-14)12(15)17-13(11)16/h2-5,12,14-15H,6-7H2,1H3. The first-order chi connectivity index (χ1) is 9.11. The number of thioether (sulfide) groups is 2. The van der Waals surface area contributed by atoms with Gasteiger partial charge in [0.15, 0.2) is 0 Å². The van der Waals surface area contributed by atoms with Crippen LogP contribution in [0.5, 0.6) is 0 Å². The number of carbonyl (C=O) groups is 1. The average Bonchev–Trinajstić information content (AvgIpc) is 2.65. The lowest BCUT2D eigenvalue weighted by atomic mass is 10.2. The van der Waals surface area contributed by atoms with E-state index in [1.807, 2.05) is 31.2 Å². The molecule has 0 saturated heterocycles. The van der Waals surface area contributed by atoms with E-state index in [9.17, 15) is 9.90 Å². The molecule has 2 N–H and O–H groups in total.